The first-order chi connectivity index (χ1) is 6.62. The third-order valence-electron chi connectivity index (χ3n) is 2.16. The molecule has 0 radical (unpaired) electrons. The van der Waals surface area contributed by atoms with Crippen LogP contribution in [0.3, 0.4) is 0 Å². The Morgan fingerprint density at radius 2 is 2.14 bits per heavy atom. The van der Waals surface area contributed by atoms with Crippen molar-refractivity contribution < 1.29 is 8.42 Å². The van der Waals surface area contributed by atoms with E-state index in [1.54, 1.807) is 6.07 Å². The fourth-order valence-corrected chi connectivity index (χ4v) is 3.18. The molecule has 2 heterocycles. The predicted octanol–water partition coefficient (Wildman–Crippen LogP) is 1.13. The summed E-state index contributed by atoms with van der Waals surface area (Å²) in [6, 6.07) is 3.04. The average Bonchev–Trinajstić information content (AvgIpc) is 2.00. The molecule has 0 amide bonds. The summed E-state index contributed by atoms with van der Waals surface area (Å²) in [6.45, 7) is 1.15. The third kappa shape index (κ3) is 1.51. The van der Waals surface area contributed by atoms with Crippen molar-refractivity contribution in [3.63, 3.8) is 0 Å². The van der Waals surface area contributed by atoms with Crippen LogP contribution in [0.25, 0.3) is 0 Å². The highest BCUT2D eigenvalue weighted by Crippen LogP contribution is 2.25. The molecule has 6 heteroatoms. The second-order valence-electron chi connectivity index (χ2n) is 3.05. The molecule has 0 spiro atoms. The molecule has 0 atom stereocenters. The molecular weight excluding hydrogens is 224 g/mol. The lowest BCUT2D eigenvalue weighted by atomic mass is 10.3. The number of aromatic nitrogens is 1. The van der Waals surface area contributed by atoms with E-state index in [1.165, 1.54) is 16.6 Å². The lowest BCUT2D eigenvalue weighted by Crippen LogP contribution is -2.42. The van der Waals surface area contributed by atoms with Crippen molar-refractivity contribution in [2.45, 2.75) is 11.3 Å². The molecule has 0 unspecified atom stereocenters. The van der Waals surface area contributed by atoms with Crippen LogP contribution in [0.1, 0.15) is 6.42 Å². The van der Waals surface area contributed by atoms with Crippen molar-refractivity contribution in [2.24, 2.45) is 0 Å². The van der Waals surface area contributed by atoms with E-state index in [1.807, 2.05) is 0 Å². The molecule has 1 fully saturated rings. The predicted molar refractivity (Wildman–Crippen MR) is 52.6 cm³/mol. The van der Waals surface area contributed by atoms with Crippen LogP contribution in [0.2, 0.25) is 5.15 Å². The molecular formula is C8H9ClN2O2S. The number of nitrogens with zero attached hydrogens (tertiary/aromatic N) is 2. The van der Waals surface area contributed by atoms with E-state index in [0.29, 0.717) is 13.1 Å². The molecule has 14 heavy (non-hydrogen) atoms. The zero-order chi connectivity index (χ0) is 10.2. The lowest BCUT2D eigenvalue weighted by Gasteiger charge is -2.29. The first-order valence-corrected chi connectivity index (χ1v) is 6.05. The second-order valence-corrected chi connectivity index (χ2v) is 5.31. The lowest BCUT2D eigenvalue weighted by molar-refractivity contribution is 0.309. The van der Waals surface area contributed by atoms with Gasteiger partial charge in [-0.3, -0.25) is 0 Å². The molecule has 1 aromatic heterocycles. The molecule has 0 bridgehead atoms. The molecule has 1 aromatic rings. The van der Waals surface area contributed by atoms with Gasteiger partial charge >= 0.3 is 0 Å². The first-order valence-electron chi connectivity index (χ1n) is 4.23. The van der Waals surface area contributed by atoms with Crippen LogP contribution in [-0.4, -0.2) is 30.8 Å². The zero-order valence-corrected chi connectivity index (χ0v) is 8.92. The van der Waals surface area contributed by atoms with Crippen molar-refractivity contribution in [2.75, 3.05) is 13.1 Å². The van der Waals surface area contributed by atoms with E-state index < -0.39 is 10.0 Å². The first kappa shape index (κ1) is 9.89. The number of sulfonamides is 1. The number of rotatable bonds is 2. The molecule has 1 aliphatic rings. The normalized spacial score (nSPS) is 17.8. The Bertz CT molecular complexity index is 442. The average molecular weight is 233 g/mol. The number of pyridine rings is 1. The standard InChI is InChI=1S/C8H9ClN2O2S/c9-8-7(3-1-4-10-8)14(12,13)11-5-2-6-11/h1,3-4H,2,5-6H2. The summed E-state index contributed by atoms with van der Waals surface area (Å²) in [5, 5.41) is 0.0411. The van der Waals surface area contributed by atoms with E-state index in [-0.39, 0.29) is 10.0 Å². The van der Waals surface area contributed by atoms with Gasteiger partial charge in [0.1, 0.15) is 10.0 Å². The van der Waals surface area contributed by atoms with Gasteiger partial charge in [-0.25, -0.2) is 13.4 Å². The van der Waals surface area contributed by atoms with E-state index in [4.69, 9.17) is 11.6 Å². The van der Waals surface area contributed by atoms with Crippen LogP contribution in [-0.2, 0) is 10.0 Å². The van der Waals surface area contributed by atoms with Gasteiger partial charge in [0.15, 0.2) is 0 Å². The fourth-order valence-electron chi connectivity index (χ4n) is 1.23. The van der Waals surface area contributed by atoms with Gasteiger partial charge in [-0.2, -0.15) is 4.31 Å². The Kier molecular flexibility index (Phi) is 2.47. The Labute approximate surface area is 87.6 Å². The van der Waals surface area contributed by atoms with Crippen molar-refractivity contribution in [3.8, 4) is 0 Å². The highest BCUT2D eigenvalue weighted by atomic mass is 35.5. The summed E-state index contributed by atoms with van der Waals surface area (Å²) >= 11 is 5.72. The minimum absolute atomic E-state index is 0.0411. The van der Waals surface area contributed by atoms with Crippen LogP contribution in [0.4, 0.5) is 0 Å². The van der Waals surface area contributed by atoms with Gasteiger partial charge in [-0.05, 0) is 18.6 Å². The molecule has 0 aliphatic carbocycles. The highest BCUT2D eigenvalue weighted by Gasteiger charge is 2.31. The monoisotopic (exact) mass is 232 g/mol. The van der Waals surface area contributed by atoms with Crippen LogP contribution >= 0.6 is 11.6 Å². The maximum Gasteiger partial charge on any atom is 0.246 e. The summed E-state index contributed by atoms with van der Waals surface area (Å²) in [4.78, 5) is 3.84. The highest BCUT2D eigenvalue weighted by molar-refractivity contribution is 7.89. The van der Waals surface area contributed by atoms with Crippen molar-refractivity contribution in [1.82, 2.24) is 9.29 Å². The molecule has 0 N–H and O–H groups in total. The SMILES string of the molecule is O=S(=O)(c1cccnc1Cl)N1CCC1. The molecule has 2 rings (SSSR count). The van der Waals surface area contributed by atoms with Gasteiger partial charge in [0.25, 0.3) is 0 Å². The minimum atomic E-state index is -3.39. The minimum Gasteiger partial charge on any atom is -0.243 e. The Morgan fingerprint density at radius 1 is 1.43 bits per heavy atom. The smallest absolute Gasteiger partial charge is 0.243 e. The molecule has 0 saturated carbocycles. The summed E-state index contributed by atoms with van der Waals surface area (Å²) in [5.74, 6) is 0. The molecule has 0 aromatic carbocycles. The van der Waals surface area contributed by atoms with Crippen molar-refractivity contribution in [3.05, 3.63) is 23.5 Å². The van der Waals surface area contributed by atoms with E-state index in [0.717, 1.165) is 6.42 Å². The molecule has 4 nitrogen and oxygen atoms in total. The quantitative estimate of drug-likeness (QED) is 0.719. The Morgan fingerprint density at radius 3 is 2.64 bits per heavy atom. The molecule has 76 valence electrons. The summed E-state index contributed by atoms with van der Waals surface area (Å²) in [6.07, 6.45) is 2.38. The van der Waals surface area contributed by atoms with Crippen LogP contribution < -0.4 is 0 Å². The topological polar surface area (TPSA) is 50.3 Å². The Balaban J connectivity index is 2.43. The van der Waals surface area contributed by atoms with Gasteiger partial charge in [0.05, 0.1) is 0 Å². The van der Waals surface area contributed by atoms with E-state index in [2.05, 4.69) is 4.98 Å². The number of hydrogen-bond acceptors (Lipinski definition) is 3. The molecule has 1 aliphatic heterocycles. The zero-order valence-electron chi connectivity index (χ0n) is 7.35. The second kappa shape index (κ2) is 3.49. The fraction of sp³-hybridized carbons (Fsp3) is 0.375. The summed E-state index contributed by atoms with van der Waals surface area (Å²) < 4.78 is 25.1. The largest absolute Gasteiger partial charge is 0.246 e. The van der Waals surface area contributed by atoms with Gasteiger partial charge < -0.3 is 0 Å². The molecule has 1 saturated heterocycles. The maximum absolute atomic E-state index is 11.8. The Hall–Kier alpha value is -0.650. The van der Waals surface area contributed by atoms with Crippen molar-refractivity contribution >= 4 is 21.6 Å². The van der Waals surface area contributed by atoms with Gasteiger partial charge in [0, 0.05) is 19.3 Å². The van der Waals surface area contributed by atoms with Crippen LogP contribution in [0.15, 0.2) is 23.2 Å². The maximum atomic E-state index is 11.8. The number of halogens is 1. The van der Waals surface area contributed by atoms with Crippen LogP contribution in [0, 0.1) is 0 Å². The van der Waals surface area contributed by atoms with E-state index in [9.17, 15) is 8.42 Å². The van der Waals surface area contributed by atoms with Gasteiger partial charge in [-0.1, -0.05) is 11.6 Å². The van der Waals surface area contributed by atoms with Crippen molar-refractivity contribution in [1.29, 1.82) is 0 Å². The summed E-state index contributed by atoms with van der Waals surface area (Å²) in [5.41, 5.74) is 0. The summed E-state index contributed by atoms with van der Waals surface area (Å²) in [7, 11) is -3.39. The van der Waals surface area contributed by atoms with Crippen LogP contribution in [0.5, 0.6) is 0 Å². The van der Waals surface area contributed by atoms with Gasteiger partial charge in [-0.15, -0.1) is 0 Å². The third-order valence-corrected chi connectivity index (χ3v) is 4.50. The van der Waals surface area contributed by atoms with Gasteiger partial charge in [0.2, 0.25) is 10.0 Å². The van der Waals surface area contributed by atoms with E-state index >= 15 is 0 Å². The number of hydrogen-bond donors (Lipinski definition) is 0.